The molecule has 2 aromatic rings. The summed E-state index contributed by atoms with van der Waals surface area (Å²) in [6, 6.07) is 7.60. The maximum atomic E-state index is 10.4. The van der Waals surface area contributed by atoms with E-state index < -0.39 is 0 Å². The summed E-state index contributed by atoms with van der Waals surface area (Å²) in [5.74, 6) is 0.404. The van der Waals surface area contributed by atoms with E-state index in [1.807, 2.05) is 38.1 Å². The minimum absolute atomic E-state index is 0.00979. The van der Waals surface area contributed by atoms with Crippen LogP contribution in [0.4, 0.5) is 0 Å². The molecule has 0 fully saturated rings. The standard InChI is InChI=1S/C19H24O4/c1-12-6-14(4-5-20)18(21)15(7-12)10-16-8-13(2)9-17(11-23-3)19(16)22/h6-9,20-22H,4-5,10-11H2,1-3H3. The monoisotopic (exact) mass is 316 g/mol. The maximum absolute atomic E-state index is 10.4. The van der Waals surface area contributed by atoms with Gasteiger partial charge in [0, 0.05) is 25.7 Å². The topological polar surface area (TPSA) is 69.9 Å². The Balaban J connectivity index is 2.43. The quantitative estimate of drug-likeness (QED) is 0.766. The van der Waals surface area contributed by atoms with Crippen LogP contribution in [0.15, 0.2) is 24.3 Å². The van der Waals surface area contributed by atoms with Crippen LogP contribution in [0.5, 0.6) is 11.5 Å². The van der Waals surface area contributed by atoms with Gasteiger partial charge in [0.15, 0.2) is 0 Å². The van der Waals surface area contributed by atoms with Crippen molar-refractivity contribution in [3.05, 3.63) is 57.6 Å². The summed E-state index contributed by atoms with van der Waals surface area (Å²) in [5, 5.41) is 30.0. The molecule has 0 aliphatic heterocycles. The summed E-state index contributed by atoms with van der Waals surface area (Å²) in [5.41, 5.74) is 5.03. The minimum atomic E-state index is -0.00979. The molecule has 0 saturated heterocycles. The molecule has 0 amide bonds. The van der Waals surface area contributed by atoms with Crippen LogP contribution in [-0.2, 0) is 24.2 Å². The molecule has 0 atom stereocenters. The van der Waals surface area contributed by atoms with E-state index in [2.05, 4.69) is 0 Å². The number of aryl methyl sites for hydroxylation is 2. The van der Waals surface area contributed by atoms with Gasteiger partial charge >= 0.3 is 0 Å². The van der Waals surface area contributed by atoms with Gasteiger partial charge in [-0.1, -0.05) is 35.4 Å². The fourth-order valence-corrected chi connectivity index (χ4v) is 2.92. The van der Waals surface area contributed by atoms with Crippen LogP contribution in [0.2, 0.25) is 0 Å². The fraction of sp³-hybridized carbons (Fsp3) is 0.368. The van der Waals surface area contributed by atoms with Crippen LogP contribution in [0.1, 0.15) is 33.4 Å². The Bertz CT molecular complexity index is 633. The van der Waals surface area contributed by atoms with Crippen molar-refractivity contribution in [1.29, 1.82) is 0 Å². The van der Waals surface area contributed by atoms with Crippen molar-refractivity contribution in [3.8, 4) is 11.5 Å². The molecule has 0 saturated carbocycles. The predicted octanol–water partition coefficient (Wildman–Crippen LogP) is 2.99. The molecule has 0 aliphatic rings. The third kappa shape index (κ3) is 4.03. The molecule has 3 N–H and O–H groups in total. The van der Waals surface area contributed by atoms with Crippen molar-refractivity contribution in [2.75, 3.05) is 13.7 Å². The van der Waals surface area contributed by atoms with E-state index in [4.69, 9.17) is 9.84 Å². The van der Waals surface area contributed by atoms with E-state index in [9.17, 15) is 10.2 Å². The second kappa shape index (κ2) is 7.49. The van der Waals surface area contributed by atoms with Crippen molar-refractivity contribution in [2.24, 2.45) is 0 Å². The van der Waals surface area contributed by atoms with E-state index in [1.54, 1.807) is 7.11 Å². The van der Waals surface area contributed by atoms with E-state index in [1.165, 1.54) is 0 Å². The van der Waals surface area contributed by atoms with Gasteiger partial charge in [0.05, 0.1) is 6.61 Å². The van der Waals surface area contributed by atoms with Crippen molar-refractivity contribution < 1.29 is 20.1 Å². The van der Waals surface area contributed by atoms with Crippen molar-refractivity contribution >= 4 is 0 Å². The first-order valence-electron chi connectivity index (χ1n) is 7.68. The normalized spacial score (nSPS) is 11.0. The second-order valence-electron chi connectivity index (χ2n) is 5.95. The number of phenolic OH excluding ortho intramolecular Hbond substituents is 2. The number of phenols is 2. The van der Waals surface area contributed by atoms with Crippen LogP contribution in [-0.4, -0.2) is 29.0 Å². The van der Waals surface area contributed by atoms with E-state index in [0.717, 1.165) is 33.4 Å². The molecular weight excluding hydrogens is 292 g/mol. The fourth-order valence-electron chi connectivity index (χ4n) is 2.92. The zero-order valence-corrected chi connectivity index (χ0v) is 13.9. The summed E-state index contributed by atoms with van der Waals surface area (Å²) in [6.07, 6.45) is 0.839. The number of aliphatic hydroxyl groups is 1. The van der Waals surface area contributed by atoms with Gasteiger partial charge < -0.3 is 20.1 Å². The Morgan fingerprint density at radius 2 is 1.30 bits per heavy atom. The average molecular weight is 316 g/mol. The lowest BCUT2D eigenvalue weighted by Crippen LogP contribution is -1.99. The number of benzene rings is 2. The highest BCUT2D eigenvalue weighted by molar-refractivity contribution is 5.50. The van der Waals surface area contributed by atoms with Crippen molar-refractivity contribution in [1.82, 2.24) is 0 Å². The van der Waals surface area contributed by atoms with Gasteiger partial charge in [-0.25, -0.2) is 0 Å². The lowest BCUT2D eigenvalue weighted by atomic mass is 9.95. The van der Waals surface area contributed by atoms with Gasteiger partial charge in [-0.15, -0.1) is 0 Å². The van der Waals surface area contributed by atoms with Gasteiger partial charge in [0.2, 0.25) is 0 Å². The highest BCUT2D eigenvalue weighted by atomic mass is 16.5. The smallest absolute Gasteiger partial charge is 0.124 e. The summed E-state index contributed by atoms with van der Waals surface area (Å²) in [6.45, 7) is 4.26. The van der Waals surface area contributed by atoms with Gasteiger partial charge in [0.25, 0.3) is 0 Å². The van der Waals surface area contributed by atoms with Crippen LogP contribution in [0.3, 0.4) is 0 Å². The molecular formula is C19H24O4. The van der Waals surface area contributed by atoms with Gasteiger partial charge in [0.1, 0.15) is 11.5 Å². The Morgan fingerprint density at radius 3 is 1.83 bits per heavy atom. The average Bonchev–Trinajstić information content (AvgIpc) is 2.49. The summed E-state index contributed by atoms with van der Waals surface area (Å²) >= 11 is 0. The van der Waals surface area contributed by atoms with Crippen molar-refractivity contribution in [3.63, 3.8) is 0 Å². The number of methoxy groups -OCH3 is 1. The zero-order valence-electron chi connectivity index (χ0n) is 13.9. The molecule has 4 heteroatoms. The molecule has 0 radical (unpaired) electrons. The lowest BCUT2D eigenvalue weighted by molar-refractivity contribution is 0.182. The molecule has 2 aromatic carbocycles. The van der Waals surface area contributed by atoms with Gasteiger partial charge in [-0.2, -0.15) is 0 Å². The first-order chi connectivity index (χ1) is 11.0. The van der Waals surface area contributed by atoms with Crippen LogP contribution in [0, 0.1) is 13.8 Å². The summed E-state index contributed by atoms with van der Waals surface area (Å²) in [4.78, 5) is 0. The Hall–Kier alpha value is -2.04. The molecule has 0 spiro atoms. The first kappa shape index (κ1) is 17.3. The Labute approximate surface area is 137 Å². The molecule has 4 nitrogen and oxygen atoms in total. The van der Waals surface area contributed by atoms with Gasteiger partial charge in [-0.05, 0) is 37.0 Å². The number of hydrogen-bond donors (Lipinski definition) is 3. The third-order valence-corrected chi connectivity index (χ3v) is 3.89. The van der Waals surface area contributed by atoms with Crippen LogP contribution >= 0.6 is 0 Å². The number of ether oxygens (including phenoxy) is 1. The molecule has 0 unspecified atom stereocenters. The number of aliphatic hydroxyl groups excluding tert-OH is 1. The molecule has 2 rings (SSSR count). The van der Waals surface area contributed by atoms with Gasteiger partial charge in [-0.3, -0.25) is 0 Å². The van der Waals surface area contributed by atoms with E-state index in [-0.39, 0.29) is 18.1 Å². The highest BCUT2D eigenvalue weighted by Crippen LogP contribution is 2.32. The maximum Gasteiger partial charge on any atom is 0.124 e. The molecule has 0 heterocycles. The highest BCUT2D eigenvalue weighted by Gasteiger charge is 2.14. The Kier molecular flexibility index (Phi) is 5.64. The number of hydrogen-bond acceptors (Lipinski definition) is 4. The third-order valence-electron chi connectivity index (χ3n) is 3.89. The van der Waals surface area contributed by atoms with E-state index >= 15 is 0 Å². The lowest BCUT2D eigenvalue weighted by Gasteiger charge is -2.14. The van der Waals surface area contributed by atoms with Crippen molar-refractivity contribution in [2.45, 2.75) is 33.3 Å². The molecule has 0 aliphatic carbocycles. The van der Waals surface area contributed by atoms with Crippen LogP contribution in [0.25, 0.3) is 0 Å². The van der Waals surface area contributed by atoms with E-state index in [0.29, 0.717) is 19.4 Å². The number of rotatable bonds is 6. The molecule has 23 heavy (non-hydrogen) atoms. The second-order valence-corrected chi connectivity index (χ2v) is 5.95. The first-order valence-corrected chi connectivity index (χ1v) is 7.68. The summed E-state index contributed by atoms with van der Waals surface area (Å²) < 4.78 is 5.13. The Morgan fingerprint density at radius 1 is 0.826 bits per heavy atom. The zero-order chi connectivity index (χ0) is 17.0. The molecule has 124 valence electrons. The SMILES string of the molecule is COCc1cc(C)cc(Cc2cc(C)cc(CCO)c2O)c1O. The minimum Gasteiger partial charge on any atom is -0.507 e. The van der Waals surface area contributed by atoms with Crippen LogP contribution < -0.4 is 0 Å². The largest absolute Gasteiger partial charge is 0.507 e. The summed E-state index contributed by atoms with van der Waals surface area (Å²) in [7, 11) is 1.59. The number of aromatic hydroxyl groups is 2. The molecule has 0 aromatic heterocycles. The predicted molar refractivity (Wildman–Crippen MR) is 90.0 cm³/mol. The molecule has 0 bridgehead atoms.